The minimum absolute atomic E-state index is 0.0927. The number of piperidine rings is 1. The fraction of sp³-hybridized carbons (Fsp3) is 0.323. The number of nitrogens with zero attached hydrogens (tertiary/aromatic N) is 2. The molecule has 3 nitrogen and oxygen atoms in total. The summed E-state index contributed by atoms with van der Waals surface area (Å²) >= 11 is 0. The molecule has 1 amide bonds. The van der Waals surface area contributed by atoms with Crippen molar-refractivity contribution in [1.29, 1.82) is 0 Å². The van der Waals surface area contributed by atoms with Crippen LogP contribution in [0.1, 0.15) is 47.9 Å². The van der Waals surface area contributed by atoms with Crippen molar-refractivity contribution >= 4 is 17.7 Å². The number of hydrogen-bond donors (Lipinski definition) is 0. The van der Waals surface area contributed by atoms with Crippen LogP contribution in [0.2, 0.25) is 0 Å². The third-order valence-corrected chi connectivity index (χ3v) is 7.28. The van der Waals surface area contributed by atoms with Crippen LogP contribution in [0.3, 0.4) is 0 Å². The fourth-order valence-corrected chi connectivity index (χ4v) is 5.11. The largest absolute Gasteiger partial charge is 0.312 e. The normalized spacial score (nSPS) is 16.0. The lowest BCUT2D eigenvalue weighted by molar-refractivity contribution is -0.114. The van der Waals surface area contributed by atoms with Crippen molar-refractivity contribution in [1.82, 2.24) is 4.90 Å². The van der Waals surface area contributed by atoms with E-state index in [1.165, 1.54) is 60.2 Å². The molecule has 1 saturated heterocycles. The van der Waals surface area contributed by atoms with Crippen molar-refractivity contribution in [2.45, 2.75) is 45.6 Å². The predicted octanol–water partition coefficient (Wildman–Crippen LogP) is 6.64. The zero-order valence-electron chi connectivity index (χ0n) is 20.4. The average Bonchev–Trinajstić information content (AvgIpc) is 2.89. The molecule has 5 rings (SSSR count). The number of carbonyl (C=O) groups excluding carboxylic acids is 1. The summed E-state index contributed by atoms with van der Waals surface area (Å²) in [7, 11) is 1.89. The lowest BCUT2D eigenvalue weighted by Crippen LogP contribution is -2.29. The summed E-state index contributed by atoms with van der Waals surface area (Å²) in [6.07, 6.45) is 7.76. The van der Waals surface area contributed by atoms with Crippen LogP contribution in [0.15, 0.2) is 72.3 Å². The Kier molecular flexibility index (Phi) is 6.64. The van der Waals surface area contributed by atoms with Crippen LogP contribution in [0.5, 0.6) is 0 Å². The maximum Gasteiger partial charge on any atom is 0.253 e. The van der Waals surface area contributed by atoms with Gasteiger partial charge in [0, 0.05) is 24.9 Å². The Balaban J connectivity index is 1.30. The van der Waals surface area contributed by atoms with Crippen molar-refractivity contribution < 1.29 is 4.79 Å². The number of aryl methyl sites for hydroxylation is 2. The van der Waals surface area contributed by atoms with Gasteiger partial charge in [0.15, 0.2) is 0 Å². The monoisotopic (exact) mass is 450 g/mol. The molecule has 1 fully saturated rings. The van der Waals surface area contributed by atoms with Crippen LogP contribution in [0.4, 0.5) is 5.69 Å². The number of carbonyl (C=O) groups is 1. The summed E-state index contributed by atoms with van der Waals surface area (Å²) in [4.78, 5) is 17.7. The second-order valence-electron chi connectivity index (χ2n) is 9.82. The third-order valence-electron chi connectivity index (χ3n) is 7.28. The highest BCUT2D eigenvalue weighted by Crippen LogP contribution is 2.30. The molecule has 1 aliphatic carbocycles. The highest BCUT2D eigenvalue weighted by atomic mass is 16.2. The van der Waals surface area contributed by atoms with E-state index in [9.17, 15) is 4.79 Å². The smallest absolute Gasteiger partial charge is 0.253 e. The van der Waals surface area contributed by atoms with E-state index in [4.69, 9.17) is 0 Å². The standard InChI is InChI=1S/C31H34N2O/c1-23-6-10-25(11-7-23)27-14-12-26-13-15-28(21-29(26)20-27)31(34)32(2)30-16-8-24(9-17-30)22-33-18-4-3-5-19-33/h6-12,14,16-17,20-21H,3-5,13,15,18-19,22H2,1-2H3. The number of likely N-dealkylation sites (N-methyl/N-ethyl adjacent to an activating group) is 1. The van der Waals surface area contributed by atoms with Crippen molar-refractivity contribution in [2.24, 2.45) is 0 Å². The van der Waals surface area contributed by atoms with Gasteiger partial charge in [-0.2, -0.15) is 0 Å². The lowest BCUT2D eigenvalue weighted by atomic mass is 9.89. The zero-order chi connectivity index (χ0) is 23.5. The van der Waals surface area contributed by atoms with E-state index >= 15 is 0 Å². The topological polar surface area (TPSA) is 23.6 Å². The van der Waals surface area contributed by atoms with Gasteiger partial charge >= 0.3 is 0 Å². The van der Waals surface area contributed by atoms with Gasteiger partial charge in [0.25, 0.3) is 5.91 Å². The van der Waals surface area contributed by atoms with E-state index in [1.54, 1.807) is 4.90 Å². The molecule has 1 heterocycles. The summed E-state index contributed by atoms with van der Waals surface area (Å²) in [5, 5.41) is 0. The van der Waals surface area contributed by atoms with Gasteiger partial charge in [0.2, 0.25) is 0 Å². The van der Waals surface area contributed by atoms with Crippen LogP contribution in [0, 0.1) is 6.92 Å². The summed E-state index contributed by atoms with van der Waals surface area (Å²) < 4.78 is 0. The van der Waals surface area contributed by atoms with Crippen LogP contribution in [-0.2, 0) is 17.8 Å². The predicted molar refractivity (Wildman–Crippen MR) is 142 cm³/mol. The quantitative estimate of drug-likeness (QED) is 0.435. The number of fused-ring (bicyclic) bond motifs is 1. The Morgan fingerprint density at radius 2 is 1.56 bits per heavy atom. The molecule has 34 heavy (non-hydrogen) atoms. The molecule has 0 saturated carbocycles. The first kappa shape index (κ1) is 22.6. The van der Waals surface area contributed by atoms with Gasteiger partial charge in [-0.25, -0.2) is 0 Å². The van der Waals surface area contributed by atoms with E-state index in [0.29, 0.717) is 0 Å². The van der Waals surface area contributed by atoms with Crippen LogP contribution < -0.4 is 4.90 Å². The maximum atomic E-state index is 13.4. The molecule has 174 valence electrons. The number of likely N-dealkylation sites (tertiary alicyclic amines) is 1. The summed E-state index contributed by atoms with van der Waals surface area (Å²) in [5.74, 6) is 0.0927. The highest BCUT2D eigenvalue weighted by Gasteiger charge is 2.21. The molecule has 0 bridgehead atoms. The van der Waals surface area contributed by atoms with E-state index in [2.05, 4.69) is 84.6 Å². The molecule has 0 radical (unpaired) electrons. The van der Waals surface area contributed by atoms with Crippen molar-refractivity contribution in [2.75, 3.05) is 25.0 Å². The molecule has 3 aromatic carbocycles. The van der Waals surface area contributed by atoms with Crippen molar-refractivity contribution in [3.05, 3.63) is 94.6 Å². The van der Waals surface area contributed by atoms with Gasteiger partial charge in [-0.1, -0.05) is 60.5 Å². The molecule has 0 N–H and O–H groups in total. The van der Waals surface area contributed by atoms with Crippen LogP contribution in [0.25, 0.3) is 17.2 Å². The second kappa shape index (κ2) is 9.99. The zero-order valence-corrected chi connectivity index (χ0v) is 20.4. The molecule has 1 aliphatic heterocycles. The third kappa shape index (κ3) is 5.00. The van der Waals surface area contributed by atoms with Crippen molar-refractivity contribution in [3.8, 4) is 11.1 Å². The Labute approximate surface area is 203 Å². The first-order valence-corrected chi connectivity index (χ1v) is 12.6. The maximum absolute atomic E-state index is 13.4. The Bertz CT molecular complexity index is 1190. The Hall–Kier alpha value is -3.17. The number of hydrogen-bond acceptors (Lipinski definition) is 2. The summed E-state index contributed by atoms with van der Waals surface area (Å²) in [6.45, 7) is 5.50. The second-order valence-corrected chi connectivity index (χ2v) is 9.82. The minimum atomic E-state index is 0.0927. The number of amides is 1. The number of anilines is 1. The molecule has 0 spiro atoms. The molecule has 0 aromatic heterocycles. The van der Waals surface area contributed by atoms with Crippen LogP contribution >= 0.6 is 0 Å². The molecular weight excluding hydrogens is 416 g/mol. The molecule has 0 atom stereocenters. The molecular formula is C31H34N2O. The molecule has 3 aromatic rings. The number of benzene rings is 3. The van der Waals surface area contributed by atoms with Crippen LogP contribution in [-0.4, -0.2) is 30.9 Å². The van der Waals surface area contributed by atoms with E-state index in [-0.39, 0.29) is 5.91 Å². The van der Waals surface area contributed by atoms with Gasteiger partial charge in [-0.15, -0.1) is 0 Å². The highest BCUT2D eigenvalue weighted by molar-refractivity contribution is 6.08. The van der Waals surface area contributed by atoms with Gasteiger partial charge < -0.3 is 4.90 Å². The van der Waals surface area contributed by atoms with E-state index in [1.807, 2.05) is 7.05 Å². The molecule has 0 unspecified atom stereocenters. The fourth-order valence-electron chi connectivity index (χ4n) is 5.11. The first-order valence-electron chi connectivity index (χ1n) is 12.6. The molecule has 3 heteroatoms. The SMILES string of the molecule is Cc1ccc(-c2ccc3c(c2)C=C(C(=O)N(C)c2ccc(CN4CCCCC4)cc2)CC3)cc1. The van der Waals surface area contributed by atoms with Gasteiger partial charge in [0.05, 0.1) is 0 Å². The minimum Gasteiger partial charge on any atom is -0.312 e. The summed E-state index contributed by atoms with van der Waals surface area (Å²) in [6, 6.07) is 23.8. The lowest BCUT2D eigenvalue weighted by Gasteiger charge is -2.27. The Morgan fingerprint density at radius 1 is 0.853 bits per heavy atom. The first-order chi connectivity index (χ1) is 16.6. The van der Waals surface area contributed by atoms with Gasteiger partial charge in [0.1, 0.15) is 0 Å². The molecule has 2 aliphatic rings. The van der Waals surface area contributed by atoms with Gasteiger partial charge in [-0.3, -0.25) is 9.69 Å². The summed E-state index contributed by atoms with van der Waals surface area (Å²) in [5.41, 5.74) is 9.30. The van der Waals surface area contributed by atoms with Gasteiger partial charge in [-0.05, 0) is 97.8 Å². The van der Waals surface area contributed by atoms with E-state index in [0.717, 1.165) is 36.2 Å². The number of rotatable bonds is 5. The Morgan fingerprint density at radius 3 is 2.29 bits per heavy atom. The van der Waals surface area contributed by atoms with Crippen molar-refractivity contribution in [3.63, 3.8) is 0 Å². The average molecular weight is 451 g/mol. The van der Waals surface area contributed by atoms with E-state index < -0.39 is 0 Å².